The third-order valence-electron chi connectivity index (χ3n) is 4.13. The van der Waals surface area contributed by atoms with Crippen molar-refractivity contribution in [1.82, 2.24) is 15.5 Å². The standard InChI is InChI=1S/C18H19F3N4O2/c19-18(20,21)13-4-3-5-14(12-13)27-11-8-22-17(26)15-6-7-16(24-23-15)25-9-1-2-10-25/h3-7,12H,1-2,8-11H2,(H,22,26). The first-order valence-electron chi connectivity index (χ1n) is 8.60. The molecular weight excluding hydrogens is 361 g/mol. The molecule has 9 heteroatoms. The fourth-order valence-corrected chi connectivity index (χ4v) is 2.75. The second-order valence-corrected chi connectivity index (χ2v) is 6.10. The first-order valence-corrected chi connectivity index (χ1v) is 8.60. The largest absolute Gasteiger partial charge is 0.492 e. The van der Waals surface area contributed by atoms with Crippen molar-refractivity contribution in [1.29, 1.82) is 0 Å². The van der Waals surface area contributed by atoms with Crippen molar-refractivity contribution < 1.29 is 22.7 Å². The zero-order chi connectivity index (χ0) is 19.3. The SMILES string of the molecule is O=C(NCCOc1cccc(C(F)(F)F)c1)c1ccc(N2CCCC2)nn1. The fourth-order valence-electron chi connectivity index (χ4n) is 2.75. The van der Waals surface area contributed by atoms with E-state index >= 15 is 0 Å². The molecule has 27 heavy (non-hydrogen) atoms. The molecule has 0 bridgehead atoms. The molecule has 1 saturated heterocycles. The van der Waals surface area contributed by atoms with Crippen LogP contribution >= 0.6 is 0 Å². The maximum atomic E-state index is 12.6. The monoisotopic (exact) mass is 380 g/mol. The van der Waals surface area contributed by atoms with E-state index in [0.717, 1.165) is 43.9 Å². The number of nitrogens with zero attached hydrogens (tertiary/aromatic N) is 3. The van der Waals surface area contributed by atoms with Gasteiger partial charge >= 0.3 is 6.18 Å². The summed E-state index contributed by atoms with van der Waals surface area (Å²) in [6.45, 7) is 2.04. The molecule has 0 atom stereocenters. The first kappa shape index (κ1) is 18.9. The van der Waals surface area contributed by atoms with Gasteiger partial charge in [0.05, 0.1) is 12.1 Å². The zero-order valence-corrected chi connectivity index (χ0v) is 14.5. The molecule has 1 aliphatic heterocycles. The van der Waals surface area contributed by atoms with Crippen LogP contribution in [0.5, 0.6) is 5.75 Å². The van der Waals surface area contributed by atoms with Crippen LogP contribution in [0.3, 0.4) is 0 Å². The van der Waals surface area contributed by atoms with Gasteiger partial charge < -0.3 is 15.0 Å². The van der Waals surface area contributed by atoms with Crippen LogP contribution in [0.1, 0.15) is 28.9 Å². The predicted octanol–water partition coefficient (Wildman–Crippen LogP) is 2.90. The number of amides is 1. The molecule has 1 aromatic heterocycles. The zero-order valence-electron chi connectivity index (χ0n) is 14.5. The molecule has 0 saturated carbocycles. The molecule has 0 unspecified atom stereocenters. The van der Waals surface area contributed by atoms with Gasteiger partial charge in [-0.2, -0.15) is 13.2 Å². The Bertz CT molecular complexity index is 775. The highest BCUT2D eigenvalue weighted by atomic mass is 19.4. The van der Waals surface area contributed by atoms with Gasteiger partial charge in [0.1, 0.15) is 12.4 Å². The molecule has 1 amide bonds. The summed E-state index contributed by atoms with van der Waals surface area (Å²) in [6, 6.07) is 7.95. The molecule has 0 aliphatic carbocycles. The van der Waals surface area contributed by atoms with E-state index in [1.54, 1.807) is 12.1 Å². The smallest absolute Gasteiger partial charge is 0.416 e. The van der Waals surface area contributed by atoms with E-state index < -0.39 is 17.6 Å². The Hall–Kier alpha value is -2.84. The molecule has 2 heterocycles. The van der Waals surface area contributed by atoms with Crippen LogP contribution in [0.15, 0.2) is 36.4 Å². The summed E-state index contributed by atoms with van der Waals surface area (Å²) in [6.07, 6.45) is -2.18. The van der Waals surface area contributed by atoms with Crippen molar-refractivity contribution in [2.24, 2.45) is 0 Å². The number of halogens is 3. The summed E-state index contributed by atoms with van der Waals surface area (Å²) in [5.74, 6) is 0.425. The normalized spacial score (nSPS) is 14.3. The number of nitrogens with one attached hydrogen (secondary N) is 1. The highest BCUT2D eigenvalue weighted by molar-refractivity contribution is 5.92. The number of carbonyl (C=O) groups is 1. The van der Waals surface area contributed by atoms with Gasteiger partial charge in [-0.05, 0) is 43.2 Å². The Balaban J connectivity index is 1.45. The van der Waals surface area contributed by atoms with Crippen LogP contribution < -0.4 is 15.0 Å². The quantitative estimate of drug-likeness (QED) is 0.781. The molecular formula is C18H19F3N4O2. The summed E-state index contributed by atoms with van der Waals surface area (Å²) in [5.41, 5.74) is -0.602. The van der Waals surface area contributed by atoms with E-state index in [9.17, 15) is 18.0 Å². The van der Waals surface area contributed by atoms with Crippen molar-refractivity contribution >= 4 is 11.7 Å². The van der Waals surface area contributed by atoms with Crippen molar-refractivity contribution in [3.8, 4) is 5.75 Å². The summed E-state index contributed by atoms with van der Waals surface area (Å²) < 4.78 is 43.2. The summed E-state index contributed by atoms with van der Waals surface area (Å²) in [4.78, 5) is 14.2. The van der Waals surface area contributed by atoms with Crippen LogP contribution in [0.4, 0.5) is 19.0 Å². The number of hydrogen-bond acceptors (Lipinski definition) is 5. The van der Waals surface area contributed by atoms with Crippen LogP contribution in [0.25, 0.3) is 0 Å². The highest BCUT2D eigenvalue weighted by Gasteiger charge is 2.30. The number of alkyl halides is 3. The average Bonchev–Trinajstić information content (AvgIpc) is 3.19. The van der Waals surface area contributed by atoms with Gasteiger partial charge in [-0.3, -0.25) is 4.79 Å². The number of rotatable bonds is 6. The molecule has 1 N–H and O–H groups in total. The summed E-state index contributed by atoms with van der Waals surface area (Å²) in [7, 11) is 0. The number of anilines is 1. The van der Waals surface area contributed by atoms with E-state index in [1.807, 2.05) is 0 Å². The van der Waals surface area contributed by atoms with Crippen LogP contribution in [-0.2, 0) is 6.18 Å². The van der Waals surface area contributed by atoms with E-state index in [2.05, 4.69) is 20.4 Å². The van der Waals surface area contributed by atoms with E-state index in [4.69, 9.17) is 4.74 Å². The Kier molecular flexibility index (Phi) is 5.78. The number of benzene rings is 1. The van der Waals surface area contributed by atoms with Gasteiger partial charge in [-0.25, -0.2) is 0 Å². The second kappa shape index (κ2) is 8.24. The minimum Gasteiger partial charge on any atom is -0.492 e. The minimum absolute atomic E-state index is 0.0341. The van der Waals surface area contributed by atoms with Crippen LogP contribution in [-0.4, -0.2) is 42.3 Å². The van der Waals surface area contributed by atoms with Crippen molar-refractivity contribution in [2.45, 2.75) is 19.0 Å². The van der Waals surface area contributed by atoms with Gasteiger partial charge in [-0.15, -0.1) is 10.2 Å². The molecule has 0 spiro atoms. The van der Waals surface area contributed by atoms with Crippen molar-refractivity contribution in [3.05, 3.63) is 47.7 Å². The highest BCUT2D eigenvalue weighted by Crippen LogP contribution is 2.31. The van der Waals surface area contributed by atoms with Crippen LogP contribution in [0, 0.1) is 0 Å². The Morgan fingerprint density at radius 2 is 1.93 bits per heavy atom. The molecule has 1 fully saturated rings. The minimum atomic E-state index is -4.42. The first-order chi connectivity index (χ1) is 12.9. The fraction of sp³-hybridized carbons (Fsp3) is 0.389. The lowest BCUT2D eigenvalue weighted by Crippen LogP contribution is -2.29. The number of aromatic nitrogens is 2. The van der Waals surface area contributed by atoms with Crippen LogP contribution in [0.2, 0.25) is 0 Å². The second-order valence-electron chi connectivity index (χ2n) is 6.10. The summed E-state index contributed by atoms with van der Waals surface area (Å²) >= 11 is 0. The number of ether oxygens (including phenoxy) is 1. The van der Waals surface area contributed by atoms with Gasteiger partial charge in [0, 0.05) is 13.1 Å². The third-order valence-corrected chi connectivity index (χ3v) is 4.13. The van der Waals surface area contributed by atoms with Crippen molar-refractivity contribution in [2.75, 3.05) is 31.1 Å². The number of carbonyl (C=O) groups excluding carboxylic acids is 1. The summed E-state index contributed by atoms with van der Waals surface area (Å²) in [5, 5.41) is 10.6. The lowest BCUT2D eigenvalue weighted by Gasteiger charge is -2.15. The molecule has 6 nitrogen and oxygen atoms in total. The predicted molar refractivity (Wildman–Crippen MR) is 92.8 cm³/mol. The van der Waals surface area contributed by atoms with E-state index in [-0.39, 0.29) is 24.6 Å². The third kappa shape index (κ3) is 5.08. The lowest BCUT2D eigenvalue weighted by molar-refractivity contribution is -0.137. The van der Waals surface area contributed by atoms with E-state index in [0.29, 0.717) is 0 Å². The van der Waals surface area contributed by atoms with Gasteiger partial charge in [0.15, 0.2) is 11.5 Å². The Morgan fingerprint density at radius 1 is 1.15 bits per heavy atom. The Morgan fingerprint density at radius 3 is 2.59 bits per heavy atom. The molecule has 1 aromatic carbocycles. The van der Waals surface area contributed by atoms with Gasteiger partial charge in [0.2, 0.25) is 0 Å². The van der Waals surface area contributed by atoms with E-state index in [1.165, 1.54) is 12.1 Å². The maximum absolute atomic E-state index is 12.6. The van der Waals surface area contributed by atoms with Gasteiger partial charge in [-0.1, -0.05) is 6.07 Å². The number of hydrogen-bond donors (Lipinski definition) is 1. The van der Waals surface area contributed by atoms with Gasteiger partial charge in [0.25, 0.3) is 5.91 Å². The Labute approximate surface area is 154 Å². The maximum Gasteiger partial charge on any atom is 0.416 e. The molecule has 2 aromatic rings. The molecule has 1 aliphatic rings. The molecule has 144 valence electrons. The topological polar surface area (TPSA) is 67.3 Å². The van der Waals surface area contributed by atoms with Crippen molar-refractivity contribution in [3.63, 3.8) is 0 Å². The molecule has 3 rings (SSSR count). The lowest BCUT2D eigenvalue weighted by atomic mass is 10.2. The molecule has 0 radical (unpaired) electrons. The average molecular weight is 380 g/mol.